The lowest BCUT2D eigenvalue weighted by Gasteiger charge is -2.13. The van der Waals surface area contributed by atoms with Crippen molar-refractivity contribution in [3.8, 4) is 22.5 Å². The van der Waals surface area contributed by atoms with Crippen molar-refractivity contribution in [3.05, 3.63) is 54.1 Å². The van der Waals surface area contributed by atoms with E-state index in [0.29, 0.717) is 17.2 Å². The molecule has 2 N–H and O–H groups in total. The predicted octanol–water partition coefficient (Wildman–Crippen LogP) is 2.01. The number of anilines is 1. The van der Waals surface area contributed by atoms with Gasteiger partial charge in [-0.15, -0.1) is 10.2 Å². The van der Waals surface area contributed by atoms with Gasteiger partial charge in [0.1, 0.15) is 5.69 Å². The van der Waals surface area contributed by atoms with Gasteiger partial charge in [-0.3, -0.25) is 0 Å². The van der Waals surface area contributed by atoms with Crippen LogP contribution in [-0.2, 0) is 9.84 Å². The van der Waals surface area contributed by atoms with E-state index in [0.717, 1.165) is 15.9 Å². The van der Waals surface area contributed by atoms with Gasteiger partial charge in [0.15, 0.2) is 21.3 Å². The fourth-order valence-corrected chi connectivity index (χ4v) is 3.99. The molecule has 3 aliphatic rings. The van der Waals surface area contributed by atoms with E-state index in [1.165, 1.54) is 5.41 Å². The van der Waals surface area contributed by atoms with Crippen LogP contribution in [0.2, 0.25) is 0 Å². The average Bonchev–Trinajstić information content (AvgIpc) is 3.12. The first-order chi connectivity index (χ1) is 11.5. The summed E-state index contributed by atoms with van der Waals surface area (Å²) in [6.07, 6.45) is 3.14. The highest BCUT2D eigenvalue weighted by molar-refractivity contribution is 7.94. The zero-order chi connectivity index (χ0) is 16.7. The van der Waals surface area contributed by atoms with Gasteiger partial charge in [-0.25, -0.2) is 8.42 Å². The number of fused-ring (bicyclic) bond motifs is 1. The predicted molar refractivity (Wildman–Crippen MR) is 89.6 cm³/mol. The fraction of sp³-hybridized carbons (Fsp3) is 0.125. The Labute approximate surface area is 138 Å². The molecule has 7 nitrogen and oxygen atoms in total. The van der Waals surface area contributed by atoms with Crippen LogP contribution < -0.4 is 5.32 Å². The molecule has 3 aliphatic heterocycles. The van der Waals surface area contributed by atoms with E-state index in [-0.39, 0.29) is 11.8 Å². The summed E-state index contributed by atoms with van der Waals surface area (Å²) in [4.78, 5) is 0. The van der Waals surface area contributed by atoms with Gasteiger partial charge in [-0.1, -0.05) is 30.3 Å². The molecular formula is C16H14N4O3S. The number of hydrogen-bond acceptors (Lipinski definition) is 6. The van der Waals surface area contributed by atoms with Crippen molar-refractivity contribution >= 4 is 15.7 Å². The molecule has 1 atom stereocenters. The zero-order valence-corrected chi connectivity index (χ0v) is 13.3. The van der Waals surface area contributed by atoms with Gasteiger partial charge < -0.3 is 10.5 Å². The highest BCUT2D eigenvalue weighted by Gasteiger charge is 2.26. The van der Waals surface area contributed by atoms with Gasteiger partial charge >= 0.3 is 0 Å². The molecule has 8 heteroatoms. The third-order valence-corrected chi connectivity index (χ3v) is 5.26. The van der Waals surface area contributed by atoms with Gasteiger partial charge in [0, 0.05) is 11.0 Å². The molecular weight excluding hydrogens is 328 g/mol. The topological polar surface area (TPSA) is 97.1 Å². The first-order valence-corrected chi connectivity index (χ1v) is 9.04. The van der Waals surface area contributed by atoms with Gasteiger partial charge in [-0.2, -0.15) is 4.73 Å². The Bertz CT molecular complexity index is 995. The van der Waals surface area contributed by atoms with Gasteiger partial charge in [0.2, 0.25) is 0 Å². The lowest BCUT2D eigenvalue weighted by Crippen LogP contribution is -2.21. The van der Waals surface area contributed by atoms with Crippen LogP contribution in [0.15, 0.2) is 54.1 Å². The molecule has 24 heavy (non-hydrogen) atoms. The zero-order valence-electron chi connectivity index (χ0n) is 12.5. The molecule has 0 aliphatic carbocycles. The van der Waals surface area contributed by atoms with Crippen LogP contribution in [0.3, 0.4) is 0 Å². The van der Waals surface area contributed by atoms with Crippen molar-refractivity contribution in [3.63, 3.8) is 0 Å². The van der Waals surface area contributed by atoms with E-state index < -0.39 is 9.84 Å². The van der Waals surface area contributed by atoms with Crippen LogP contribution in [0.4, 0.5) is 5.82 Å². The van der Waals surface area contributed by atoms with Crippen molar-refractivity contribution in [1.29, 1.82) is 0 Å². The third-order valence-electron chi connectivity index (χ3n) is 3.87. The molecule has 0 saturated heterocycles. The van der Waals surface area contributed by atoms with E-state index in [2.05, 4.69) is 15.5 Å². The number of benzene rings is 1. The smallest absolute Gasteiger partial charge is 0.178 e. The first-order valence-electron chi connectivity index (χ1n) is 7.33. The summed E-state index contributed by atoms with van der Waals surface area (Å²) in [6, 6.07) is 11.1. The van der Waals surface area contributed by atoms with Crippen molar-refractivity contribution < 1.29 is 13.6 Å². The lowest BCUT2D eigenvalue weighted by atomic mass is 10.1. The quantitative estimate of drug-likeness (QED) is 0.707. The number of rotatable bonds is 3. The summed E-state index contributed by atoms with van der Waals surface area (Å²) in [7, 11) is -3.17. The standard InChI is InChI=1S/C16H14N4O3S/c21-20-9-12(11-4-2-1-3-5-11)8-14-15(20)16(19-18-14)17-13-6-7-24(22,23)10-13/h1-9,13,17,21H,10H2/t13-/m1/s1. The molecule has 122 valence electrons. The molecule has 0 bridgehead atoms. The Hall–Kier alpha value is -2.87. The largest absolute Gasteiger partial charge is 0.428 e. The van der Waals surface area contributed by atoms with Crippen LogP contribution in [0, 0.1) is 0 Å². The number of nitrogens with zero attached hydrogens (tertiary/aromatic N) is 3. The molecule has 3 heterocycles. The van der Waals surface area contributed by atoms with Crippen molar-refractivity contribution in [2.24, 2.45) is 0 Å². The van der Waals surface area contributed by atoms with Gasteiger partial charge in [-0.05, 0) is 17.7 Å². The molecule has 0 aromatic heterocycles. The van der Waals surface area contributed by atoms with Gasteiger partial charge in [0.05, 0.1) is 18.0 Å². The highest BCUT2D eigenvalue weighted by atomic mass is 32.2. The summed E-state index contributed by atoms with van der Waals surface area (Å²) < 4.78 is 23.9. The second-order valence-corrected chi connectivity index (χ2v) is 7.56. The number of pyridine rings is 1. The number of aromatic nitrogens is 3. The first kappa shape index (κ1) is 14.7. The van der Waals surface area contributed by atoms with E-state index >= 15 is 0 Å². The monoisotopic (exact) mass is 342 g/mol. The summed E-state index contributed by atoms with van der Waals surface area (Å²) >= 11 is 0. The fourth-order valence-electron chi connectivity index (χ4n) is 2.75. The number of sulfone groups is 1. The summed E-state index contributed by atoms with van der Waals surface area (Å²) in [6.45, 7) is 0. The molecule has 4 rings (SSSR count). The second kappa shape index (κ2) is 5.34. The maximum atomic E-state index is 11.5. The second-order valence-electron chi connectivity index (χ2n) is 5.63. The molecule has 1 aromatic carbocycles. The molecule has 0 spiro atoms. The maximum Gasteiger partial charge on any atom is 0.178 e. The van der Waals surface area contributed by atoms with E-state index in [4.69, 9.17) is 0 Å². The summed E-state index contributed by atoms with van der Waals surface area (Å²) in [5.41, 5.74) is 2.68. The molecule has 0 amide bonds. The molecule has 0 fully saturated rings. The SMILES string of the molecule is O=S1(=O)C=C[C@@H](Nc2nnc3cc(-c4ccccc4)cn(O)c2-3)C1. The maximum absolute atomic E-state index is 11.5. The minimum atomic E-state index is -3.17. The van der Waals surface area contributed by atoms with E-state index in [9.17, 15) is 13.6 Å². The Morgan fingerprint density at radius 1 is 1.17 bits per heavy atom. The Balaban J connectivity index is 1.69. The normalized spacial score (nSPS) is 18.9. The van der Waals surface area contributed by atoms with Crippen LogP contribution in [0.1, 0.15) is 0 Å². The van der Waals surface area contributed by atoms with Gasteiger partial charge in [0.25, 0.3) is 0 Å². The Morgan fingerprint density at radius 3 is 2.67 bits per heavy atom. The average molecular weight is 342 g/mol. The molecule has 0 saturated carbocycles. The molecule has 1 aromatic rings. The molecule has 0 unspecified atom stereocenters. The number of nitrogens with one attached hydrogen (secondary N) is 1. The Kier molecular flexibility index (Phi) is 3.27. The van der Waals surface area contributed by atoms with Crippen molar-refractivity contribution in [2.75, 3.05) is 11.1 Å². The molecule has 0 radical (unpaired) electrons. The van der Waals surface area contributed by atoms with Crippen molar-refractivity contribution in [2.45, 2.75) is 6.04 Å². The van der Waals surface area contributed by atoms with Crippen LogP contribution in [0.5, 0.6) is 0 Å². The summed E-state index contributed by atoms with van der Waals surface area (Å²) in [5, 5.41) is 22.6. The number of hydrogen-bond donors (Lipinski definition) is 2. The van der Waals surface area contributed by atoms with E-state index in [1.807, 2.05) is 36.4 Å². The third kappa shape index (κ3) is 2.61. The Morgan fingerprint density at radius 2 is 1.96 bits per heavy atom. The lowest BCUT2D eigenvalue weighted by molar-refractivity contribution is 0.190. The van der Waals surface area contributed by atoms with Crippen LogP contribution in [-0.4, -0.2) is 40.3 Å². The minimum Gasteiger partial charge on any atom is -0.428 e. The van der Waals surface area contributed by atoms with Crippen LogP contribution >= 0.6 is 0 Å². The van der Waals surface area contributed by atoms with Crippen LogP contribution in [0.25, 0.3) is 22.5 Å². The summed E-state index contributed by atoms with van der Waals surface area (Å²) in [5.74, 6) is 0.313. The van der Waals surface area contributed by atoms with E-state index in [1.54, 1.807) is 12.3 Å². The highest BCUT2D eigenvalue weighted by Crippen LogP contribution is 2.32. The minimum absolute atomic E-state index is 0.0329. The van der Waals surface area contributed by atoms with Crippen molar-refractivity contribution in [1.82, 2.24) is 14.9 Å².